The summed E-state index contributed by atoms with van der Waals surface area (Å²) in [7, 11) is 0. The summed E-state index contributed by atoms with van der Waals surface area (Å²) >= 11 is 0. The molecule has 2 aliphatic heterocycles. The van der Waals surface area contributed by atoms with E-state index in [9.17, 15) is 9.59 Å². The predicted molar refractivity (Wildman–Crippen MR) is 81.2 cm³/mol. The van der Waals surface area contributed by atoms with E-state index in [-0.39, 0.29) is 11.8 Å². The summed E-state index contributed by atoms with van der Waals surface area (Å²) < 4.78 is 0. The Hall–Kier alpha value is -1.06. The fraction of sp³-hybridized carbons (Fsp3) is 0.875. The quantitative estimate of drug-likeness (QED) is 0.730. The maximum atomic E-state index is 11.3. The largest absolute Gasteiger partial charge is 0.333 e. The highest BCUT2D eigenvalue weighted by Crippen LogP contribution is 2.29. The van der Waals surface area contributed by atoms with Gasteiger partial charge < -0.3 is 9.80 Å². The van der Waals surface area contributed by atoms with Crippen molar-refractivity contribution < 1.29 is 9.59 Å². The van der Waals surface area contributed by atoms with Crippen LogP contribution in [0.3, 0.4) is 0 Å². The van der Waals surface area contributed by atoms with Crippen molar-refractivity contribution in [3.63, 3.8) is 0 Å². The molecule has 116 valence electrons. The summed E-state index contributed by atoms with van der Waals surface area (Å²) in [4.78, 5) is 26.4. The molecule has 0 bridgehead atoms. The van der Waals surface area contributed by atoms with E-state index in [4.69, 9.17) is 0 Å². The summed E-state index contributed by atoms with van der Waals surface area (Å²) in [5.74, 6) is 0.903. The van der Waals surface area contributed by atoms with E-state index < -0.39 is 0 Å². The van der Waals surface area contributed by atoms with Crippen LogP contribution in [0.2, 0.25) is 0 Å². The van der Waals surface area contributed by atoms with Gasteiger partial charge in [0.05, 0.1) is 0 Å². The predicted octanol–water partition coefficient (Wildman–Crippen LogP) is 2.52. The lowest BCUT2D eigenvalue weighted by Gasteiger charge is -2.05. The first kappa shape index (κ1) is 17.0. The lowest BCUT2D eigenvalue weighted by molar-refractivity contribution is -0.130. The molecule has 0 aromatic carbocycles. The van der Waals surface area contributed by atoms with Gasteiger partial charge in [-0.3, -0.25) is 9.59 Å². The maximum Gasteiger partial charge on any atom is 0.225 e. The lowest BCUT2D eigenvalue weighted by atomic mass is 10.2. The van der Waals surface area contributed by atoms with Gasteiger partial charge in [-0.25, -0.2) is 0 Å². The Morgan fingerprint density at radius 1 is 0.650 bits per heavy atom. The first-order valence-electron chi connectivity index (χ1n) is 7.75. The van der Waals surface area contributed by atoms with Gasteiger partial charge in [0.25, 0.3) is 0 Å². The monoisotopic (exact) mass is 282 g/mol. The van der Waals surface area contributed by atoms with E-state index in [1.54, 1.807) is 0 Å². The molecule has 20 heavy (non-hydrogen) atoms. The molecular weight excluding hydrogens is 252 g/mol. The van der Waals surface area contributed by atoms with Crippen LogP contribution in [-0.4, -0.2) is 45.8 Å². The van der Waals surface area contributed by atoms with E-state index in [0.29, 0.717) is 36.0 Å². The molecule has 2 heterocycles. The molecule has 2 saturated heterocycles. The highest BCUT2D eigenvalue weighted by molar-refractivity contribution is 5.81. The number of amides is 2. The number of rotatable bonds is 2. The van der Waals surface area contributed by atoms with Crippen molar-refractivity contribution in [1.82, 2.24) is 9.80 Å². The average Bonchev–Trinajstić information content (AvgIpc) is 3.16. The molecule has 4 atom stereocenters. The molecular formula is C16H30N2O2. The van der Waals surface area contributed by atoms with Crippen LogP contribution in [0.25, 0.3) is 0 Å². The van der Waals surface area contributed by atoms with Crippen molar-refractivity contribution in [1.29, 1.82) is 0 Å². The summed E-state index contributed by atoms with van der Waals surface area (Å²) in [6.45, 7) is 16.1. The fourth-order valence-electron chi connectivity index (χ4n) is 2.41. The van der Waals surface area contributed by atoms with Crippen molar-refractivity contribution in [2.75, 3.05) is 0 Å². The normalized spacial score (nSPS) is 31.1. The summed E-state index contributed by atoms with van der Waals surface area (Å²) in [6.07, 6.45) is 0. The molecule has 0 saturated carbocycles. The lowest BCUT2D eigenvalue weighted by Crippen LogP contribution is -2.19. The molecule has 0 spiro atoms. The SMILES string of the molecule is CC(C)C(=O)N1C(C)C1C.CC(C)C(=O)N1C(C)C1C. The van der Waals surface area contributed by atoms with Gasteiger partial charge in [-0.05, 0) is 27.7 Å². The molecule has 4 heteroatoms. The molecule has 4 nitrogen and oxygen atoms in total. The second kappa shape index (κ2) is 6.15. The molecule has 0 aromatic heterocycles. The van der Waals surface area contributed by atoms with Crippen LogP contribution in [0.4, 0.5) is 0 Å². The molecule has 0 aliphatic carbocycles. The molecule has 2 aliphatic rings. The number of hydrogen-bond acceptors (Lipinski definition) is 2. The molecule has 4 unspecified atom stereocenters. The van der Waals surface area contributed by atoms with Gasteiger partial charge in [-0.1, -0.05) is 27.7 Å². The van der Waals surface area contributed by atoms with Gasteiger partial charge in [0.15, 0.2) is 0 Å². The van der Waals surface area contributed by atoms with Gasteiger partial charge in [-0.2, -0.15) is 0 Å². The molecule has 2 rings (SSSR count). The summed E-state index contributed by atoms with van der Waals surface area (Å²) in [6, 6.07) is 1.93. The van der Waals surface area contributed by atoms with Crippen LogP contribution in [0, 0.1) is 11.8 Å². The first-order valence-corrected chi connectivity index (χ1v) is 7.75. The molecule has 0 radical (unpaired) electrons. The van der Waals surface area contributed by atoms with Gasteiger partial charge in [0.2, 0.25) is 11.8 Å². The van der Waals surface area contributed by atoms with Crippen molar-refractivity contribution in [2.45, 2.75) is 79.6 Å². The second-order valence-corrected chi connectivity index (χ2v) is 6.76. The van der Waals surface area contributed by atoms with E-state index in [2.05, 4.69) is 27.7 Å². The highest BCUT2D eigenvalue weighted by Gasteiger charge is 2.44. The summed E-state index contributed by atoms with van der Waals surface area (Å²) in [5.41, 5.74) is 0. The van der Waals surface area contributed by atoms with Gasteiger partial charge in [-0.15, -0.1) is 0 Å². The Morgan fingerprint density at radius 3 is 0.900 bits per heavy atom. The zero-order chi connectivity index (χ0) is 15.8. The average molecular weight is 282 g/mol. The number of carbonyl (C=O) groups is 2. The molecule has 0 N–H and O–H groups in total. The minimum absolute atomic E-state index is 0.160. The van der Waals surface area contributed by atoms with Crippen molar-refractivity contribution in [2.24, 2.45) is 11.8 Å². The molecule has 2 fully saturated rings. The van der Waals surface area contributed by atoms with E-state index >= 15 is 0 Å². The van der Waals surface area contributed by atoms with Gasteiger partial charge >= 0.3 is 0 Å². The van der Waals surface area contributed by atoms with Crippen LogP contribution in [0.1, 0.15) is 55.4 Å². The number of carbonyl (C=O) groups excluding carboxylic acids is 2. The molecule has 2 amide bonds. The van der Waals surface area contributed by atoms with E-state index in [0.717, 1.165) is 0 Å². The maximum absolute atomic E-state index is 11.3. The number of nitrogens with zero attached hydrogens (tertiary/aromatic N) is 2. The van der Waals surface area contributed by atoms with Crippen LogP contribution in [-0.2, 0) is 9.59 Å². The van der Waals surface area contributed by atoms with Crippen molar-refractivity contribution in [3.8, 4) is 0 Å². The van der Waals surface area contributed by atoms with Crippen LogP contribution in [0.15, 0.2) is 0 Å². The van der Waals surface area contributed by atoms with Crippen LogP contribution >= 0.6 is 0 Å². The zero-order valence-corrected chi connectivity index (χ0v) is 14.2. The van der Waals surface area contributed by atoms with E-state index in [1.165, 1.54) is 0 Å². The van der Waals surface area contributed by atoms with Gasteiger partial charge in [0, 0.05) is 36.0 Å². The topological polar surface area (TPSA) is 40.2 Å². The third-order valence-corrected chi connectivity index (χ3v) is 4.47. The van der Waals surface area contributed by atoms with Crippen LogP contribution < -0.4 is 0 Å². The Balaban J connectivity index is 0.000000200. The van der Waals surface area contributed by atoms with Gasteiger partial charge in [0.1, 0.15) is 0 Å². The Morgan fingerprint density at radius 2 is 0.850 bits per heavy atom. The first-order chi connectivity index (χ1) is 9.11. The van der Waals surface area contributed by atoms with Crippen molar-refractivity contribution in [3.05, 3.63) is 0 Å². The third kappa shape index (κ3) is 3.53. The minimum atomic E-state index is 0.160. The Kier molecular flexibility index (Phi) is 5.22. The smallest absolute Gasteiger partial charge is 0.225 e. The standard InChI is InChI=1S/2C8H15NO/c2*1-5(2)8(10)9-6(3)7(9)4/h2*5-7H,1-4H3. The Labute approximate surface area is 123 Å². The zero-order valence-electron chi connectivity index (χ0n) is 14.2. The van der Waals surface area contributed by atoms with E-state index in [1.807, 2.05) is 37.5 Å². The Bertz CT molecular complexity index is 327. The minimum Gasteiger partial charge on any atom is -0.333 e. The molecule has 0 aromatic rings. The van der Waals surface area contributed by atoms with Crippen LogP contribution in [0.5, 0.6) is 0 Å². The van der Waals surface area contributed by atoms with Crippen molar-refractivity contribution >= 4 is 11.8 Å². The summed E-state index contributed by atoms with van der Waals surface area (Å²) in [5, 5.41) is 0. The second-order valence-electron chi connectivity index (χ2n) is 6.76. The highest BCUT2D eigenvalue weighted by atomic mass is 16.2. The number of hydrogen-bond donors (Lipinski definition) is 0. The third-order valence-electron chi connectivity index (χ3n) is 4.47. The fourth-order valence-corrected chi connectivity index (χ4v) is 2.41.